The first-order chi connectivity index (χ1) is 10.1. The standard InChI is InChI=1S/C13H11ClN4O2S/c14-9-3-1-2-8(4-9)12(20)10-5-18(11(19)6-21-10)13-15-7-16-17-13/h1-4,7,10H,5-6H2,(H,15,16,17). The first kappa shape index (κ1) is 14.1. The first-order valence-electron chi connectivity index (χ1n) is 6.22. The second kappa shape index (κ2) is 5.87. The average Bonchev–Trinajstić information content (AvgIpc) is 3.01. The van der Waals surface area contributed by atoms with Crippen molar-refractivity contribution in [2.24, 2.45) is 0 Å². The SMILES string of the molecule is O=C(c1cccc(Cl)c1)C1CN(c2ncn[nH]2)C(=O)CS1. The summed E-state index contributed by atoms with van der Waals surface area (Å²) in [5.41, 5.74) is 0.548. The van der Waals surface area contributed by atoms with Gasteiger partial charge in [-0.3, -0.25) is 14.5 Å². The highest BCUT2D eigenvalue weighted by atomic mass is 35.5. The fourth-order valence-electron chi connectivity index (χ4n) is 2.09. The molecule has 8 heteroatoms. The lowest BCUT2D eigenvalue weighted by molar-refractivity contribution is -0.116. The smallest absolute Gasteiger partial charge is 0.239 e. The molecule has 108 valence electrons. The zero-order valence-corrected chi connectivity index (χ0v) is 12.4. The van der Waals surface area contributed by atoms with E-state index in [9.17, 15) is 9.59 Å². The Morgan fingerprint density at radius 1 is 1.48 bits per heavy atom. The van der Waals surface area contributed by atoms with Gasteiger partial charge in [0.2, 0.25) is 11.9 Å². The topological polar surface area (TPSA) is 79.0 Å². The molecule has 1 atom stereocenters. The fraction of sp³-hybridized carbons (Fsp3) is 0.231. The summed E-state index contributed by atoms with van der Waals surface area (Å²) in [6.45, 7) is 0.268. The zero-order chi connectivity index (χ0) is 14.8. The van der Waals surface area contributed by atoms with E-state index in [0.717, 1.165) is 0 Å². The lowest BCUT2D eigenvalue weighted by Crippen LogP contribution is -2.45. The summed E-state index contributed by atoms with van der Waals surface area (Å²) in [6.07, 6.45) is 1.33. The molecule has 1 N–H and O–H groups in total. The van der Waals surface area contributed by atoms with Crippen LogP contribution in [0.2, 0.25) is 5.02 Å². The minimum Gasteiger partial charge on any atom is -0.293 e. The monoisotopic (exact) mass is 322 g/mol. The molecule has 1 amide bonds. The van der Waals surface area contributed by atoms with Gasteiger partial charge in [0.25, 0.3) is 0 Å². The van der Waals surface area contributed by atoms with Crippen molar-refractivity contribution in [1.82, 2.24) is 15.2 Å². The number of nitrogens with one attached hydrogen (secondary N) is 1. The highest BCUT2D eigenvalue weighted by molar-refractivity contribution is 8.01. The van der Waals surface area contributed by atoms with Gasteiger partial charge in [0.15, 0.2) is 5.78 Å². The van der Waals surface area contributed by atoms with Crippen molar-refractivity contribution in [3.8, 4) is 0 Å². The Morgan fingerprint density at radius 3 is 3.05 bits per heavy atom. The molecule has 6 nitrogen and oxygen atoms in total. The molecule has 3 rings (SSSR count). The lowest BCUT2D eigenvalue weighted by Gasteiger charge is -2.29. The highest BCUT2D eigenvalue weighted by Crippen LogP contribution is 2.26. The number of rotatable bonds is 3. The molecule has 1 aromatic heterocycles. The number of nitrogens with zero attached hydrogens (tertiary/aromatic N) is 3. The van der Waals surface area contributed by atoms with Crippen LogP contribution in [-0.2, 0) is 4.79 Å². The highest BCUT2D eigenvalue weighted by Gasteiger charge is 2.33. The Kier molecular flexibility index (Phi) is 3.94. The van der Waals surface area contributed by atoms with Crippen LogP contribution in [0.5, 0.6) is 0 Å². The minimum atomic E-state index is -0.341. The fourth-order valence-corrected chi connectivity index (χ4v) is 3.32. The first-order valence-corrected chi connectivity index (χ1v) is 7.65. The summed E-state index contributed by atoms with van der Waals surface area (Å²) in [7, 11) is 0. The molecule has 1 aromatic carbocycles. The number of benzene rings is 1. The average molecular weight is 323 g/mol. The van der Waals surface area contributed by atoms with Crippen LogP contribution in [-0.4, -0.2) is 44.4 Å². The number of aromatic amines is 1. The third-order valence-electron chi connectivity index (χ3n) is 3.12. The van der Waals surface area contributed by atoms with Crippen molar-refractivity contribution < 1.29 is 9.59 Å². The third kappa shape index (κ3) is 2.93. The Morgan fingerprint density at radius 2 is 2.33 bits per heavy atom. The van der Waals surface area contributed by atoms with E-state index in [1.807, 2.05) is 0 Å². The van der Waals surface area contributed by atoms with Crippen LogP contribution < -0.4 is 4.90 Å². The van der Waals surface area contributed by atoms with Crippen LogP contribution in [0.15, 0.2) is 30.6 Å². The van der Waals surface area contributed by atoms with E-state index >= 15 is 0 Å². The Hall–Kier alpha value is -1.86. The number of anilines is 1. The maximum atomic E-state index is 12.5. The van der Waals surface area contributed by atoms with Gasteiger partial charge in [-0.1, -0.05) is 23.7 Å². The van der Waals surface area contributed by atoms with Gasteiger partial charge in [0.1, 0.15) is 6.33 Å². The predicted octanol–water partition coefficient (Wildman–Crippen LogP) is 1.79. The van der Waals surface area contributed by atoms with Gasteiger partial charge in [-0.2, -0.15) is 10.1 Å². The van der Waals surface area contributed by atoms with Gasteiger partial charge in [0.05, 0.1) is 11.0 Å². The molecular formula is C13H11ClN4O2S. The number of thioether (sulfide) groups is 1. The normalized spacial score (nSPS) is 18.8. The lowest BCUT2D eigenvalue weighted by atomic mass is 10.1. The van der Waals surface area contributed by atoms with Crippen molar-refractivity contribution in [3.05, 3.63) is 41.2 Å². The number of hydrogen-bond acceptors (Lipinski definition) is 5. The van der Waals surface area contributed by atoms with Crippen molar-refractivity contribution in [1.29, 1.82) is 0 Å². The minimum absolute atomic E-state index is 0.0421. The van der Waals surface area contributed by atoms with E-state index in [2.05, 4.69) is 15.2 Å². The molecule has 2 aromatic rings. The number of ketones is 1. The number of amides is 1. The third-order valence-corrected chi connectivity index (χ3v) is 4.53. The van der Waals surface area contributed by atoms with Crippen LogP contribution in [0.1, 0.15) is 10.4 Å². The maximum absolute atomic E-state index is 12.5. The molecule has 0 bridgehead atoms. The Labute approximate surface area is 129 Å². The number of aromatic nitrogens is 3. The molecule has 1 unspecified atom stereocenters. The number of Topliss-reactive ketones (excluding diaryl/α,β-unsaturated/α-hetero) is 1. The van der Waals surface area contributed by atoms with Gasteiger partial charge in [-0.15, -0.1) is 11.8 Å². The van der Waals surface area contributed by atoms with E-state index in [4.69, 9.17) is 11.6 Å². The van der Waals surface area contributed by atoms with Crippen molar-refractivity contribution >= 4 is 41.0 Å². The maximum Gasteiger partial charge on any atom is 0.239 e. The molecule has 1 saturated heterocycles. The second-order valence-electron chi connectivity index (χ2n) is 4.49. The molecule has 1 fully saturated rings. The molecule has 21 heavy (non-hydrogen) atoms. The van der Waals surface area contributed by atoms with Gasteiger partial charge in [-0.25, -0.2) is 5.10 Å². The van der Waals surface area contributed by atoms with Crippen molar-refractivity contribution in [2.75, 3.05) is 17.2 Å². The van der Waals surface area contributed by atoms with Crippen LogP contribution in [0.4, 0.5) is 5.95 Å². The van der Waals surface area contributed by atoms with Crippen LogP contribution >= 0.6 is 23.4 Å². The molecule has 0 aliphatic carbocycles. The molecule has 2 heterocycles. The van der Waals surface area contributed by atoms with Crippen LogP contribution in [0.25, 0.3) is 0 Å². The number of carbonyl (C=O) groups excluding carboxylic acids is 2. The van der Waals surface area contributed by atoms with E-state index in [1.54, 1.807) is 24.3 Å². The molecule has 0 spiro atoms. The zero-order valence-electron chi connectivity index (χ0n) is 10.8. The molecule has 0 radical (unpaired) electrons. The Balaban J connectivity index is 1.80. The molecule has 1 aliphatic heterocycles. The molecule has 1 aliphatic rings. The second-order valence-corrected chi connectivity index (χ2v) is 6.12. The van der Waals surface area contributed by atoms with Gasteiger partial charge < -0.3 is 0 Å². The summed E-state index contributed by atoms with van der Waals surface area (Å²) < 4.78 is 0. The summed E-state index contributed by atoms with van der Waals surface area (Å²) in [5.74, 6) is 0.466. The van der Waals surface area contributed by atoms with Crippen LogP contribution in [0, 0.1) is 0 Å². The van der Waals surface area contributed by atoms with Gasteiger partial charge in [-0.05, 0) is 12.1 Å². The summed E-state index contributed by atoms with van der Waals surface area (Å²) in [4.78, 5) is 29.9. The number of H-pyrrole nitrogens is 1. The van der Waals surface area contributed by atoms with E-state index in [1.165, 1.54) is 23.0 Å². The van der Waals surface area contributed by atoms with Crippen molar-refractivity contribution in [3.63, 3.8) is 0 Å². The summed E-state index contributed by atoms with van der Waals surface area (Å²) in [5, 5.41) is 6.56. The van der Waals surface area contributed by atoms with Crippen molar-refractivity contribution in [2.45, 2.75) is 5.25 Å². The van der Waals surface area contributed by atoms with Gasteiger partial charge in [0, 0.05) is 17.1 Å². The Bertz CT molecular complexity index is 677. The van der Waals surface area contributed by atoms with E-state index < -0.39 is 0 Å². The molecular weight excluding hydrogens is 312 g/mol. The largest absolute Gasteiger partial charge is 0.293 e. The summed E-state index contributed by atoms with van der Waals surface area (Å²) in [6, 6.07) is 6.82. The number of carbonyl (C=O) groups is 2. The quantitative estimate of drug-likeness (QED) is 0.872. The number of hydrogen-bond donors (Lipinski definition) is 1. The number of halogens is 1. The summed E-state index contributed by atoms with van der Waals surface area (Å²) >= 11 is 7.25. The van der Waals surface area contributed by atoms with E-state index in [0.29, 0.717) is 16.5 Å². The van der Waals surface area contributed by atoms with E-state index in [-0.39, 0.29) is 29.2 Å². The van der Waals surface area contributed by atoms with Crippen LogP contribution in [0.3, 0.4) is 0 Å². The van der Waals surface area contributed by atoms with Gasteiger partial charge >= 0.3 is 0 Å². The predicted molar refractivity (Wildman–Crippen MR) is 80.8 cm³/mol. The molecule has 0 saturated carbocycles.